The van der Waals surface area contributed by atoms with Crippen LogP contribution in [0.15, 0.2) is 30.3 Å². The van der Waals surface area contributed by atoms with Crippen molar-refractivity contribution in [3.05, 3.63) is 69.5 Å². The lowest BCUT2D eigenvalue weighted by molar-refractivity contribution is 0.105. The molecular formula is C36H55NO3Si. The van der Waals surface area contributed by atoms with E-state index in [1.165, 1.54) is 22.3 Å². The summed E-state index contributed by atoms with van der Waals surface area (Å²) in [5, 5.41) is 12.3. The summed E-state index contributed by atoms with van der Waals surface area (Å²) in [5.41, 5.74) is 9.06. The van der Waals surface area contributed by atoms with Crippen LogP contribution in [0.2, 0.25) is 18.1 Å². The number of aliphatic hydroxyl groups is 1. The molecule has 0 fully saturated rings. The van der Waals surface area contributed by atoms with Gasteiger partial charge in [-0.15, -0.1) is 0 Å². The van der Waals surface area contributed by atoms with Gasteiger partial charge in [0.05, 0.1) is 19.3 Å². The summed E-state index contributed by atoms with van der Waals surface area (Å²) in [6, 6.07) is 8.53. The molecule has 2 aromatic rings. The zero-order chi connectivity index (χ0) is 30.5. The van der Waals surface area contributed by atoms with Crippen LogP contribution in [0.3, 0.4) is 0 Å². The van der Waals surface area contributed by atoms with E-state index in [4.69, 9.17) is 14.1 Å². The average Bonchev–Trinajstić information content (AvgIpc) is 2.85. The number of pyridine rings is 1. The smallest absolute Gasteiger partial charge is 0.192 e. The van der Waals surface area contributed by atoms with Gasteiger partial charge < -0.3 is 14.3 Å². The Balaban J connectivity index is 2.01. The summed E-state index contributed by atoms with van der Waals surface area (Å²) in [7, 11) is -2.10. The molecule has 0 bridgehead atoms. The second kappa shape index (κ2) is 11.4. The van der Waals surface area contributed by atoms with Crippen LogP contribution in [0.1, 0.15) is 139 Å². The fourth-order valence-electron chi connectivity index (χ4n) is 6.08. The Bertz CT molecular complexity index is 1280. The van der Waals surface area contributed by atoms with Crippen molar-refractivity contribution in [1.82, 2.24) is 4.98 Å². The van der Waals surface area contributed by atoms with Gasteiger partial charge in [-0.2, -0.15) is 0 Å². The summed E-state index contributed by atoms with van der Waals surface area (Å²) < 4.78 is 13.1. The van der Waals surface area contributed by atoms with E-state index >= 15 is 0 Å². The SMILES string of the molecule is CC(C)c1nc2c(c(C3=CCOCC3)c1[C@H](O)c1ccc(C(C)(C)C)cc1)C(O[Si](C)(C)C(C)(C)C)CC(C)(C)C2. The predicted octanol–water partition coefficient (Wildman–Crippen LogP) is 9.42. The summed E-state index contributed by atoms with van der Waals surface area (Å²) in [6.07, 6.45) is 4.07. The van der Waals surface area contributed by atoms with Gasteiger partial charge in [0, 0.05) is 22.5 Å². The fraction of sp³-hybridized carbons (Fsp3) is 0.639. The highest BCUT2D eigenvalue weighted by molar-refractivity contribution is 6.74. The van der Waals surface area contributed by atoms with E-state index in [0.717, 1.165) is 41.8 Å². The summed E-state index contributed by atoms with van der Waals surface area (Å²) in [5.74, 6) is 0.169. The first-order valence-corrected chi connectivity index (χ1v) is 18.5. The molecule has 0 amide bonds. The van der Waals surface area contributed by atoms with Gasteiger partial charge in [0.15, 0.2) is 8.32 Å². The highest BCUT2D eigenvalue weighted by atomic mass is 28.4. The molecule has 0 saturated carbocycles. The Morgan fingerprint density at radius 1 is 1.05 bits per heavy atom. The number of rotatable bonds is 6. The van der Waals surface area contributed by atoms with Crippen LogP contribution >= 0.6 is 0 Å². The standard InChI is InChI=1S/C36H55NO3Si/c1-23(2)32-31(33(38)25-13-15-26(16-14-25)34(3,4)5)29(24-17-19-39-20-18-24)30-27(37-32)21-36(9,10)22-28(30)40-41(11,12)35(6,7)8/h13-17,23,28,33,38H,18-22H2,1-12H3/t28?,33-/m1/s1. The molecule has 4 nitrogen and oxygen atoms in total. The largest absolute Gasteiger partial charge is 0.410 e. The van der Waals surface area contributed by atoms with E-state index in [-0.39, 0.29) is 27.9 Å². The molecule has 2 atom stereocenters. The first-order chi connectivity index (χ1) is 18.8. The van der Waals surface area contributed by atoms with Crippen LogP contribution in [0.25, 0.3) is 5.57 Å². The molecule has 1 unspecified atom stereocenters. The summed E-state index contributed by atoms with van der Waals surface area (Å²) >= 11 is 0. The zero-order valence-electron chi connectivity index (χ0n) is 27.9. The van der Waals surface area contributed by atoms with Crippen molar-refractivity contribution in [3.8, 4) is 0 Å². The lowest BCUT2D eigenvalue weighted by Gasteiger charge is -2.45. The first-order valence-electron chi connectivity index (χ1n) is 15.6. The lowest BCUT2D eigenvalue weighted by Crippen LogP contribution is -2.44. The Labute approximate surface area is 251 Å². The van der Waals surface area contributed by atoms with Gasteiger partial charge in [-0.1, -0.05) is 99.6 Å². The van der Waals surface area contributed by atoms with E-state index in [0.29, 0.717) is 13.2 Å². The van der Waals surface area contributed by atoms with E-state index in [9.17, 15) is 5.11 Å². The number of hydrogen-bond acceptors (Lipinski definition) is 4. The van der Waals surface area contributed by atoms with E-state index in [1.54, 1.807) is 0 Å². The third-order valence-corrected chi connectivity index (χ3v) is 14.0. The van der Waals surface area contributed by atoms with Gasteiger partial charge in [0.1, 0.15) is 6.10 Å². The molecular weight excluding hydrogens is 522 g/mol. The highest BCUT2D eigenvalue weighted by Crippen LogP contribution is 2.51. The Morgan fingerprint density at radius 2 is 1.68 bits per heavy atom. The summed E-state index contributed by atoms with van der Waals surface area (Å²) in [4.78, 5) is 5.43. The van der Waals surface area contributed by atoms with Crippen molar-refractivity contribution < 1.29 is 14.3 Å². The predicted molar refractivity (Wildman–Crippen MR) is 174 cm³/mol. The third-order valence-electron chi connectivity index (χ3n) is 9.53. The van der Waals surface area contributed by atoms with Crippen molar-refractivity contribution in [3.63, 3.8) is 0 Å². The molecule has 0 radical (unpaired) electrons. The first kappa shape index (κ1) is 32.1. The monoisotopic (exact) mass is 577 g/mol. The Kier molecular flexibility index (Phi) is 8.91. The molecule has 0 spiro atoms. The van der Waals surface area contributed by atoms with Crippen LogP contribution in [-0.2, 0) is 21.0 Å². The van der Waals surface area contributed by atoms with E-state index in [1.807, 2.05) is 0 Å². The van der Waals surface area contributed by atoms with Gasteiger partial charge in [0.2, 0.25) is 0 Å². The van der Waals surface area contributed by atoms with E-state index < -0.39 is 14.4 Å². The number of aliphatic hydroxyl groups excluding tert-OH is 1. The van der Waals surface area contributed by atoms with Crippen molar-refractivity contribution in [2.24, 2.45) is 5.41 Å². The highest BCUT2D eigenvalue weighted by Gasteiger charge is 2.45. The molecule has 1 aromatic carbocycles. The molecule has 1 N–H and O–H groups in total. The lowest BCUT2D eigenvalue weighted by atomic mass is 9.71. The zero-order valence-corrected chi connectivity index (χ0v) is 28.9. The molecule has 1 aromatic heterocycles. The van der Waals surface area contributed by atoms with Crippen LogP contribution in [0.4, 0.5) is 0 Å². The van der Waals surface area contributed by atoms with Gasteiger partial charge in [0.25, 0.3) is 0 Å². The second-order valence-corrected chi connectivity index (χ2v) is 20.8. The third kappa shape index (κ3) is 6.74. The van der Waals surface area contributed by atoms with Gasteiger partial charge >= 0.3 is 0 Å². The van der Waals surface area contributed by atoms with Crippen molar-refractivity contribution in [1.29, 1.82) is 0 Å². The molecule has 2 heterocycles. The van der Waals surface area contributed by atoms with Gasteiger partial charge in [-0.25, -0.2) is 0 Å². The van der Waals surface area contributed by atoms with Crippen molar-refractivity contribution >= 4 is 13.9 Å². The number of aromatic nitrogens is 1. The topological polar surface area (TPSA) is 51.6 Å². The maximum Gasteiger partial charge on any atom is 0.192 e. The van der Waals surface area contributed by atoms with E-state index in [2.05, 4.69) is 113 Å². The minimum absolute atomic E-state index is 0.0547. The number of benzene rings is 1. The van der Waals surface area contributed by atoms with Crippen LogP contribution in [0.5, 0.6) is 0 Å². The van der Waals surface area contributed by atoms with Crippen molar-refractivity contribution in [2.75, 3.05) is 13.2 Å². The quantitative estimate of drug-likeness (QED) is 0.347. The summed E-state index contributed by atoms with van der Waals surface area (Å²) in [6.45, 7) is 28.7. The molecule has 1 aliphatic heterocycles. The minimum Gasteiger partial charge on any atom is -0.410 e. The minimum atomic E-state index is -2.10. The average molecular weight is 578 g/mol. The molecule has 1 aliphatic carbocycles. The van der Waals surface area contributed by atoms with Crippen LogP contribution < -0.4 is 0 Å². The number of fused-ring (bicyclic) bond motifs is 1. The molecule has 41 heavy (non-hydrogen) atoms. The van der Waals surface area contributed by atoms with Crippen LogP contribution in [-0.4, -0.2) is 31.6 Å². The number of ether oxygens (including phenoxy) is 1. The molecule has 2 aliphatic rings. The number of nitrogens with zero attached hydrogens (tertiary/aromatic N) is 1. The van der Waals surface area contributed by atoms with Crippen LogP contribution in [0, 0.1) is 5.41 Å². The van der Waals surface area contributed by atoms with Gasteiger partial charge in [-0.3, -0.25) is 4.98 Å². The number of hydrogen-bond donors (Lipinski definition) is 1. The van der Waals surface area contributed by atoms with Crippen molar-refractivity contribution in [2.45, 2.75) is 130 Å². The Morgan fingerprint density at radius 3 is 2.20 bits per heavy atom. The fourth-order valence-corrected chi connectivity index (χ4v) is 7.34. The van der Waals surface area contributed by atoms with Gasteiger partial charge in [-0.05, 0) is 76.4 Å². The normalized spacial score (nSPS) is 20.5. The second-order valence-electron chi connectivity index (χ2n) is 16.0. The molecule has 5 heteroatoms. The maximum atomic E-state index is 12.2. The molecule has 226 valence electrons. The molecule has 0 saturated heterocycles. The molecule has 4 rings (SSSR count). The maximum absolute atomic E-state index is 12.2. The Hall–Kier alpha value is -1.79.